The average molecular weight is 266 g/mol. The molecule has 1 aromatic rings. The van der Waals surface area contributed by atoms with Crippen molar-refractivity contribution < 1.29 is 4.74 Å². The molecule has 0 unspecified atom stereocenters. The highest BCUT2D eigenvalue weighted by Crippen LogP contribution is 2.31. The molecule has 0 aliphatic heterocycles. The highest BCUT2D eigenvalue weighted by Gasteiger charge is 2.19. The van der Waals surface area contributed by atoms with Crippen LogP contribution in [0.1, 0.15) is 24.8 Å². The summed E-state index contributed by atoms with van der Waals surface area (Å²) < 4.78 is 6.73. The van der Waals surface area contributed by atoms with E-state index in [1.165, 1.54) is 6.42 Å². The number of nitrogens with zero attached hydrogens (tertiary/aromatic N) is 1. The first-order valence-electron chi connectivity index (χ1n) is 5.11. The van der Waals surface area contributed by atoms with Crippen LogP contribution in [0.5, 0.6) is 5.75 Å². The number of hydrogen-bond acceptors (Lipinski definition) is 2. The minimum absolute atomic E-state index is 0.392. The molecular weight excluding hydrogens is 254 g/mol. The van der Waals surface area contributed by atoms with Crippen LogP contribution in [0, 0.1) is 11.3 Å². The van der Waals surface area contributed by atoms with Gasteiger partial charge in [0.2, 0.25) is 0 Å². The first kappa shape index (κ1) is 10.5. The van der Waals surface area contributed by atoms with Crippen LogP contribution >= 0.6 is 15.9 Å². The lowest BCUT2D eigenvalue weighted by molar-refractivity contribution is 0.119. The molecule has 1 saturated carbocycles. The maximum atomic E-state index is 8.58. The predicted octanol–water partition coefficient (Wildman–Crippen LogP) is 3.45. The SMILES string of the molecule is N#CCc1ccc(OC2CCC2)c(Br)c1. The maximum absolute atomic E-state index is 8.58. The van der Waals surface area contributed by atoms with Gasteiger partial charge in [-0.05, 0) is 52.9 Å². The molecule has 2 rings (SSSR count). The van der Waals surface area contributed by atoms with Gasteiger partial charge in [0, 0.05) is 0 Å². The van der Waals surface area contributed by atoms with Gasteiger partial charge in [0.1, 0.15) is 5.75 Å². The van der Waals surface area contributed by atoms with Crippen LogP contribution in [-0.4, -0.2) is 6.10 Å². The van der Waals surface area contributed by atoms with Gasteiger partial charge in [-0.25, -0.2) is 0 Å². The molecular formula is C12H12BrNO. The zero-order valence-corrected chi connectivity index (χ0v) is 9.96. The van der Waals surface area contributed by atoms with E-state index >= 15 is 0 Å². The number of ether oxygens (including phenoxy) is 1. The van der Waals surface area contributed by atoms with E-state index in [0.29, 0.717) is 12.5 Å². The summed E-state index contributed by atoms with van der Waals surface area (Å²) in [5, 5.41) is 8.58. The third kappa shape index (κ3) is 2.51. The van der Waals surface area contributed by atoms with Gasteiger partial charge in [0.05, 0.1) is 23.1 Å². The Labute approximate surface area is 98.0 Å². The standard InChI is InChI=1S/C12H12BrNO/c13-11-8-9(6-7-14)4-5-12(11)15-10-2-1-3-10/h4-5,8,10H,1-3,6H2. The Morgan fingerprint density at radius 1 is 1.47 bits per heavy atom. The van der Waals surface area contributed by atoms with E-state index in [4.69, 9.17) is 10.00 Å². The first-order chi connectivity index (χ1) is 7.29. The molecule has 1 fully saturated rings. The van der Waals surface area contributed by atoms with E-state index < -0.39 is 0 Å². The molecule has 0 atom stereocenters. The smallest absolute Gasteiger partial charge is 0.133 e. The van der Waals surface area contributed by atoms with E-state index in [1.54, 1.807) is 0 Å². The molecule has 0 radical (unpaired) electrons. The molecule has 2 nitrogen and oxygen atoms in total. The maximum Gasteiger partial charge on any atom is 0.133 e. The number of nitriles is 1. The van der Waals surface area contributed by atoms with Crippen LogP contribution in [0.15, 0.2) is 22.7 Å². The Kier molecular flexibility index (Phi) is 3.27. The van der Waals surface area contributed by atoms with Gasteiger partial charge < -0.3 is 4.74 Å². The topological polar surface area (TPSA) is 33.0 Å². The van der Waals surface area contributed by atoms with Gasteiger partial charge in [-0.1, -0.05) is 6.07 Å². The van der Waals surface area contributed by atoms with Crippen molar-refractivity contribution in [2.24, 2.45) is 0 Å². The summed E-state index contributed by atoms with van der Waals surface area (Å²) in [6.45, 7) is 0. The number of benzene rings is 1. The quantitative estimate of drug-likeness (QED) is 0.839. The Morgan fingerprint density at radius 2 is 2.27 bits per heavy atom. The third-order valence-corrected chi connectivity index (χ3v) is 3.25. The number of halogens is 1. The number of hydrogen-bond donors (Lipinski definition) is 0. The second kappa shape index (κ2) is 4.67. The predicted molar refractivity (Wildman–Crippen MR) is 61.7 cm³/mol. The molecule has 0 aromatic heterocycles. The molecule has 0 spiro atoms. The zero-order chi connectivity index (χ0) is 10.7. The fourth-order valence-electron chi connectivity index (χ4n) is 1.51. The molecule has 0 N–H and O–H groups in total. The fourth-order valence-corrected chi connectivity index (χ4v) is 2.03. The lowest BCUT2D eigenvalue weighted by atomic mass is 9.96. The van der Waals surface area contributed by atoms with Gasteiger partial charge in [0.25, 0.3) is 0 Å². The van der Waals surface area contributed by atoms with E-state index in [9.17, 15) is 0 Å². The second-order valence-electron chi connectivity index (χ2n) is 3.77. The average Bonchev–Trinajstić information content (AvgIpc) is 2.14. The van der Waals surface area contributed by atoms with Crippen molar-refractivity contribution in [3.05, 3.63) is 28.2 Å². The molecule has 78 valence electrons. The van der Waals surface area contributed by atoms with Crippen molar-refractivity contribution in [2.45, 2.75) is 31.8 Å². The van der Waals surface area contributed by atoms with Crippen molar-refractivity contribution in [1.82, 2.24) is 0 Å². The van der Waals surface area contributed by atoms with Crippen LogP contribution in [0.2, 0.25) is 0 Å². The molecule has 3 heteroatoms. The molecule has 1 aliphatic carbocycles. The van der Waals surface area contributed by atoms with Crippen LogP contribution < -0.4 is 4.74 Å². The molecule has 0 saturated heterocycles. The van der Waals surface area contributed by atoms with E-state index in [2.05, 4.69) is 22.0 Å². The lowest BCUT2D eigenvalue weighted by Crippen LogP contribution is -2.24. The van der Waals surface area contributed by atoms with Crippen LogP contribution in [0.3, 0.4) is 0 Å². The summed E-state index contributed by atoms with van der Waals surface area (Å²) in [5.74, 6) is 0.890. The zero-order valence-electron chi connectivity index (χ0n) is 8.37. The number of rotatable bonds is 3. The van der Waals surface area contributed by atoms with Gasteiger partial charge in [-0.2, -0.15) is 5.26 Å². The summed E-state index contributed by atoms with van der Waals surface area (Å²) in [5.41, 5.74) is 1.02. The normalized spacial score (nSPS) is 15.5. The highest BCUT2D eigenvalue weighted by molar-refractivity contribution is 9.10. The van der Waals surface area contributed by atoms with E-state index in [-0.39, 0.29) is 0 Å². The van der Waals surface area contributed by atoms with Gasteiger partial charge >= 0.3 is 0 Å². The second-order valence-corrected chi connectivity index (χ2v) is 4.62. The Hall–Kier alpha value is -1.01. The Morgan fingerprint density at radius 3 is 2.80 bits per heavy atom. The summed E-state index contributed by atoms with van der Waals surface area (Å²) in [6.07, 6.45) is 4.43. The van der Waals surface area contributed by atoms with Gasteiger partial charge in [-0.3, -0.25) is 0 Å². The van der Waals surface area contributed by atoms with Crippen molar-refractivity contribution >= 4 is 15.9 Å². The summed E-state index contributed by atoms with van der Waals surface area (Å²) in [4.78, 5) is 0. The van der Waals surface area contributed by atoms with Gasteiger partial charge in [0.15, 0.2) is 0 Å². The molecule has 0 heterocycles. The van der Waals surface area contributed by atoms with Gasteiger partial charge in [-0.15, -0.1) is 0 Å². The molecule has 15 heavy (non-hydrogen) atoms. The third-order valence-electron chi connectivity index (χ3n) is 2.63. The van der Waals surface area contributed by atoms with E-state index in [1.807, 2.05) is 18.2 Å². The Bertz CT molecular complexity index is 393. The first-order valence-corrected chi connectivity index (χ1v) is 5.91. The van der Waals surface area contributed by atoms with E-state index in [0.717, 1.165) is 28.6 Å². The summed E-state index contributed by atoms with van der Waals surface area (Å²) in [6, 6.07) is 7.97. The minimum Gasteiger partial charge on any atom is -0.489 e. The molecule has 1 aliphatic rings. The van der Waals surface area contributed by atoms with Crippen LogP contribution in [0.4, 0.5) is 0 Å². The van der Waals surface area contributed by atoms with Crippen molar-refractivity contribution in [3.63, 3.8) is 0 Å². The highest BCUT2D eigenvalue weighted by atomic mass is 79.9. The monoisotopic (exact) mass is 265 g/mol. The fraction of sp³-hybridized carbons (Fsp3) is 0.417. The minimum atomic E-state index is 0.392. The Balaban J connectivity index is 2.08. The summed E-state index contributed by atoms with van der Waals surface area (Å²) in [7, 11) is 0. The molecule has 0 amide bonds. The lowest BCUT2D eigenvalue weighted by Gasteiger charge is -2.26. The summed E-state index contributed by atoms with van der Waals surface area (Å²) >= 11 is 3.46. The van der Waals surface area contributed by atoms with Crippen molar-refractivity contribution in [2.75, 3.05) is 0 Å². The molecule has 1 aromatic carbocycles. The van der Waals surface area contributed by atoms with Crippen LogP contribution in [-0.2, 0) is 6.42 Å². The largest absolute Gasteiger partial charge is 0.489 e. The van der Waals surface area contributed by atoms with Crippen molar-refractivity contribution in [1.29, 1.82) is 5.26 Å². The van der Waals surface area contributed by atoms with Crippen LogP contribution in [0.25, 0.3) is 0 Å². The van der Waals surface area contributed by atoms with Crippen molar-refractivity contribution in [3.8, 4) is 11.8 Å². The molecule has 0 bridgehead atoms.